The molecule has 1 amide bonds. The molecule has 0 aromatic carbocycles. The van der Waals surface area contributed by atoms with E-state index in [-0.39, 0.29) is 0 Å². The fourth-order valence-electron chi connectivity index (χ4n) is 2.71. The minimum atomic E-state index is 0.297. The van der Waals surface area contributed by atoms with Crippen molar-refractivity contribution in [2.45, 2.75) is 32.2 Å². The van der Waals surface area contributed by atoms with Crippen LogP contribution in [0.5, 0.6) is 0 Å². The lowest BCUT2D eigenvalue weighted by molar-refractivity contribution is -0.131. The van der Waals surface area contributed by atoms with Crippen LogP contribution in [0.25, 0.3) is 0 Å². The second kappa shape index (κ2) is 2.86. The highest BCUT2D eigenvalue weighted by Gasteiger charge is 2.45. The molecule has 1 heterocycles. The van der Waals surface area contributed by atoms with E-state index in [9.17, 15) is 4.79 Å². The van der Waals surface area contributed by atoms with Gasteiger partial charge >= 0.3 is 0 Å². The summed E-state index contributed by atoms with van der Waals surface area (Å²) in [7, 11) is 1.92. The summed E-state index contributed by atoms with van der Waals surface area (Å²) in [5.41, 5.74) is 1.33. The molecule has 0 aromatic rings. The van der Waals surface area contributed by atoms with E-state index in [1.54, 1.807) is 0 Å². The maximum Gasteiger partial charge on any atom is 0.226 e. The Morgan fingerprint density at radius 1 is 1.54 bits per heavy atom. The van der Waals surface area contributed by atoms with Crippen LogP contribution in [-0.4, -0.2) is 23.9 Å². The first-order valence-corrected chi connectivity index (χ1v) is 5.04. The van der Waals surface area contributed by atoms with Crippen LogP contribution >= 0.6 is 0 Å². The number of rotatable bonds is 0. The van der Waals surface area contributed by atoms with E-state index in [4.69, 9.17) is 0 Å². The lowest BCUT2D eigenvalue weighted by atomic mass is 9.77. The first-order valence-electron chi connectivity index (χ1n) is 5.04. The molecule has 72 valence electrons. The molecule has 2 nitrogen and oxygen atoms in total. The molecular weight excluding hydrogens is 162 g/mol. The van der Waals surface area contributed by atoms with Crippen LogP contribution in [0.1, 0.15) is 26.2 Å². The van der Waals surface area contributed by atoms with Gasteiger partial charge in [0.05, 0.1) is 0 Å². The summed E-state index contributed by atoms with van der Waals surface area (Å²) in [6.45, 7) is 6.18. The predicted molar refractivity (Wildman–Crippen MR) is 52.2 cm³/mol. The number of allylic oxidation sites excluding steroid dienone is 1. The molecule has 0 bridgehead atoms. The third-order valence-corrected chi connectivity index (χ3v) is 3.75. The number of likely N-dealkylation sites (tertiary alicyclic amines) is 1. The maximum atomic E-state index is 11.8. The Balaban J connectivity index is 2.22. The van der Waals surface area contributed by atoms with Gasteiger partial charge < -0.3 is 4.90 Å². The normalized spacial score (nSPS) is 39.5. The van der Waals surface area contributed by atoms with Gasteiger partial charge in [-0.15, -0.1) is 0 Å². The Kier molecular flexibility index (Phi) is 1.94. The topological polar surface area (TPSA) is 20.3 Å². The quantitative estimate of drug-likeness (QED) is 0.519. The average molecular weight is 179 g/mol. The second-order valence-corrected chi connectivity index (χ2v) is 4.45. The first-order chi connectivity index (χ1) is 6.11. The van der Waals surface area contributed by atoms with Crippen LogP contribution in [0.2, 0.25) is 0 Å². The summed E-state index contributed by atoms with van der Waals surface area (Å²) in [6.07, 6.45) is 3.13. The van der Waals surface area contributed by atoms with Gasteiger partial charge in [-0.05, 0) is 32.1 Å². The van der Waals surface area contributed by atoms with Crippen LogP contribution in [0.15, 0.2) is 12.2 Å². The van der Waals surface area contributed by atoms with E-state index in [1.165, 1.54) is 5.57 Å². The molecule has 2 rings (SSSR count). The summed E-state index contributed by atoms with van der Waals surface area (Å²) < 4.78 is 0. The van der Waals surface area contributed by atoms with Gasteiger partial charge in [0, 0.05) is 19.0 Å². The Morgan fingerprint density at radius 2 is 2.23 bits per heavy atom. The smallest absolute Gasteiger partial charge is 0.226 e. The molecule has 3 atom stereocenters. The highest BCUT2D eigenvalue weighted by Crippen LogP contribution is 2.41. The van der Waals surface area contributed by atoms with Crippen LogP contribution in [0.3, 0.4) is 0 Å². The van der Waals surface area contributed by atoms with E-state index >= 15 is 0 Å². The van der Waals surface area contributed by atoms with Crippen molar-refractivity contribution < 1.29 is 4.79 Å². The molecule has 1 saturated carbocycles. The number of hydrogen-bond acceptors (Lipinski definition) is 1. The van der Waals surface area contributed by atoms with Crippen molar-refractivity contribution >= 4 is 5.91 Å². The summed E-state index contributed by atoms with van der Waals surface area (Å²) >= 11 is 0. The third-order valence-electron chi connectivity index (χ3n) is 3.75. The molecule has 2 heteroatoms. The zero-order valence-corrected chi connectivity index (χ0v) is 8.42. The molecule has 0 aromatic heterocycles. The Bertz CT molecular complexity index is 259. The number of amides is 1. The molecule has 2 aliphatic rings. The number of nitrogens with zero attached hydrogens (tertiary/aromatic N) is 1. The fraction of sp³-hybridized carbons (Fsp3) is 0.727. The molecule has 3 unspecified atom stereocenters. The zero-order chi connectivity index (χ0) is 9.59. The van der Waals surface area contributed by atoms with Gasteiger partial charge in [-0.3, -0.25) is 4.79 Å². The average Bonchev–Trinajstić information content (AvgIpc) is 2.32. The molecule has 0 N–H and O–H groups in total. The standard InChI is InChI=1S/C11H17NO/c1-7-4-5-9-10(6-7)8(2)12(3)11(9)13/h8-10H,1,4-6H2,2-3H3. The van der Waals surface area contributed by atoms with Crippen molar-refractivity contribution in [3.63, 3.8) is 0 Å². The third kappa shape index (κ3) is 1.19. The highest BCUT2D eigenvalue weighted by atomic mass is 16.2. The van der Waals surface area contributed by atoms with E-state index in [1.807, 2.05) is 11.9 Å². The Hall–Kier alpha value is -0.790. The lowest BCUT2D eigenvalue weighted by Crippen LogP contribution is -2.28. The molecule has 2 fully saturated rings. The summed E-state index contributed by atoms with van der Waals surface area (Å²) in [5.74, 6) is 1.19. The van der Waals surface area contributed by atoms with Crippen molar-refractivity contribution in [2.75, 3.05) is 7.05 Å². The lowest BCUT2D eigenvalue weighted by Gasteiger charge is -2.27. The van der Waals surface area contributed by atoms with Gasteiger partial charge in [-0.2, -0.15) is 0 Å². The van der Waals surface area contributed by atoms with Crippen LogP contribution in [0, 0.1) is 11.8 Å². The number of hydrogen-bond donors (Lipinski definition) is 0. The number of carbonyl (C=O) groups excluding carboxylic acids is 1. The van der Waals surface area contributed by atoms with Crippen molar-refractivity contribution in [1.29, 1.82) is 0 Å². The molecule has 0 radical (unpaired) electrons. The largest absolute Gasteiger partial charge is 0.342 e. The molecule has 13 heavy (non-hydrogen) atoms. The number of fused-ring (bicyclic) bond motifs is 1. The van der Waals surface area contributed by atoms with Gasteiger partial charge in [-0.25, -0.2) is 0 Å². The summed E-state index contributed by atoms with van der Waals surface area (Å²) in [4.78, 5) is 13.7. The molecule has 0 spiro atoms. The summed E-state index contributed by atoms with van der Waals surface area (Å²) in [5, 5.41) is 0. The van der Waals surface area contributed by atoms with E-state index in [2.05, 4.69) is 13.5 Å². The highest BCUT2D eigenvalue weighted by molar-refractivity contribution is 5.82. The van der Waals surface area contributed by atoms with Gasteiger partial charge in [0.15, 0.2) is 0 Å². The second-order valence-electron chi connectivity index (χ2n) is 4.45. The van der Waals surface area contributed by atoms with Gasteiger partial charge in [0.2, 0.25) is 5.91 Å². The first kappa shape index (κ1) is 8.79. The van der Waals surface area contributed by atoms with Gasteiger partial charge in [0.1, 0.15) is 0 Å². The van der Waals surface area contributed by atoms with Gasteiger partial charge in [0.25, 0.3) is 0 Å². The Morgan fingerprint density at radius 3 is 2.92 bits per heavy atom. The van der Waals surface area contributed by atoms with Gasteiger partial charge in [-0.1, -0.05) is 12.2 Å². The monoisotopic (exact) mass is 179 g/mol. The fourth-order valence-corrected chi connectivity index (χ4v) is 2.71. The van der Waals surface area contributed by atoms with Crippen molar-refractivity contribution in [2.24, 2.45) is 11.8 Å². The van der Waals surface area contributed by atoms with E-state index in [0.717, 1.165) is 19.3 Å². The zero-order valence-electron chi connectivity index (χ0n) is 8.42. The molecular formula is C11H17NO. The molecule has 1 saturated heterocycles. The number of carbonyl (C=O) groups is 1. The Labute approximate surface area is 79.6 Å². The maximum absolute atomic E-state index is 11.8. The van der Waals surface area contributed by atoms with Crippen molar-refractivity contribution in [1.82, 2.24) is 4.90 Å². The molecule has 1 aliphatic heterocycles. The van der Waals surface area contributed by atoms with Crippen LogP contribution < -0.4 is 0 Å². The van der Waals surface area contributed by atoms with Crippen molar-refractivity contribution in [3.8, 4) is 0 Å². The van der Waals surface area contributed by atoms with Crippen LogP contribution in [0.4, 0.5) is 0 Å². The SMILES string of the molecule is C=C1CCC2C(=O)N(C)C(C)C2C1. The van der Waals surface area contributed by atoms with E-state index < -0.39 is 0 Å². The summed E-state index contributed by atoms with van der Waals surface area (Å²) in [6, 6.07) is 0.412. The molecule has 1 aliphatic carbocycles. The van der Waals surface area contributed by atoms with Crippen LogP contribution in [-0.2, 0) is 4.79 Å². The predicted octanol–water partition coefficient (Wildman–Crippen LogP) is 1.82. The van der Waals surface area contributed by atoms with Crippen molar-refractivity contribution in [3.05, 3.63) is 12.2 Å². The minimum Gasteiger partial charge on any atom is -0.342 e. The minimum absolute atomic E-state index is 0.297. The van der Waals surface area contributed by atoms with E-state index in [0.29, 0.717) is 23.8 Å².